The Morgan fingerprint density at radius 2 is 1.62 bits per heavy atom. The summed E-state index contributed by atoms with van der Waals surface area (Å²) >= 11 is 0. The second-order valence-corrected chi connectivity index (χ2v) is 7.45. The van der Waals surface area contributed by atoms with E-state index < -0.39 is 0 Å². The summed E-state index contributed by atoms with van der Waals surface area (Å²) in [5.41, 5.74) is 2.19. The standard InChI is InChI=1S/C24H32N4O4/c1-4-17(2)27-24(31)19-9-5-10-20(14-19)26-16-22(29)28-21-11-6-8-18(15-21)23(30)25-12-7-13-32-3/h5-6,8-11,14-15,17,26H,4,7,12-13,16H2,1-3H3,(H,25,30)(H,27,31)(H,28,29). The molecule has 8 heteroatoms. The van der Waals surface area contributed by atoms with E-state index >= 15 is 0 Å². The highest BCUT2D eigenvalue weighted by Gasteiger charge is 2.10. The van der Waals surface area contributed by atoms with E-state index in [1.165, 1.54) is 0 Å². The van der Waals surface area contributed by atoms with Crippen LogP contribution in [0.5, 0.6) is 0 Å². The maximum atomic E-state index is 12.3. The van der Waals surface area contributed by atoms with Crippen molar-refractivity contribution in [3.8, 4) is 0 Å². The summed E-state index contributed by atoms with van der Waals surface area (Å²) < 4.78 is 4.96. The monoisotopic (exact) mass is 440 g/mol. The molecule has 4 N–H and O–H groups in total. The fourth-order valence-electron chi connectivity index (χ4n) is 2.83. The van der Waals surface area contributed by atoms with Gasteiger partial charge in [0.1, 0.15) is 0 Å². The SMILES string of the molecule is CCC(C)NC(=O)c1cccc(NCC(=O)Nc2cccc(C(=O)NCCCOC)c2)c1. The number of anilines is 2. The molecule has 0 saturated heterocycles. The molecule has 2 aromatic carbocycles. The van der Waals surface area contributed by atoms with Crippen LogP contribution in [-0.2, 0) is 9.53 Å². The van der Waals surface area contributed by atoms with Crippen molar-refractivity contribution in [2.24, 2.45) is 0 Å². The summed E-state index contributed by atoms with van der Waals surface area (Å²) in [5.74, 6) is -0.621. The van der Waals surface area contributed by atoms with Crippen molar-refractivity contribution in [2.75, 3.05) is 37.4 Å². The van der Waals surface area contributed by atoms with Gasteiger partial charge in [-0.3, -0.25) is 14.4 Å². The molecule has 0 bridgehead atoms. The van der Waals surface area contributed by atoms with Gasteiger partial charge in [0.15, 0.2) is 0 Å². The molecule has 2 rings (SSSR count). The Balaban J connectivity index is 1.87. The van der Waals surface area contributed by atoms with Crippen LogP contribution in [0.4, 0.5) is 11.4 Å². The van der Waals surface area contributed by atoms with Crippen LogP contribution in [0.2, 0.25) is 0 Å². The van der Waals surface area contributed by atoms with Crippen LogP contribution < -0.4 is 21.3 Å². The van der Waals surface area contributed by atoms with E-state index in [4.69, 9.17) is 4.74 Å². The van der Waals surface area contributed by atoms with Gasteiger partial charge in [-0.2, -0.15) is 0 Å². The zero-order valence-electron chi connectivity index (χ0n) is 18.9. The molecule has 0 saturated carbocycles. The lowest BCUT2D eigenvalue weighted by Gasteiger charge is -2.13. The summed E-state index contributed by atoms with van der Waals surface area (Å²) in [5, 5.41) is 11.5. The van der Waals surface area contributed by atoms with Gasteiger partial charge in [-0.1, -0.05) is 19.1 Å². The number of amides is 3. The zero-order chi connectivity index (χ0) is 23.3. The van der Waals surface area contributed by atoms with Gasteiger partial charge in [0, 0.05) is 48.8 Å². The largest absolute Gasteiger partial charge is 0.385 e. The highest BCUT2D eigenvalue weighted by molar-refractivity contribution is 5.98. The van der Waals surface area contributed by atoms with E-state index in [0.29, 0.717) is 35.7 Å². The van der Waals surface area contributed by atoms with Crippen molar-refractivity contribution in [1.82, 2.24) is 10.6 Å². The molecule has 1 atom stereocenters. The van der Waals surface area contributed by atoms with Crippen molar-refractivity contribution in [3.05, 3.63) is 59.7 Å². The molecular formula is C24H32N4O4. The van der Waals surface area contributed by atoms with Gasteiger partial charge >= 0.3 is 0 Å². The van der Waals surface area contributed by atoms with Crippen molar-refractivity contribution in [2.45, 2.75) is 32.7 Å². The molecule has 0 aliphatic heterocycles. The summed E-state index contributed by atoms with van der Waals surface area (Å²) in [6.07, 6.45) is 1.57. The lowest BCUT2D eigenvalue weighted by Crippen LogP contribution is -2.31. The van der Waals surface area contributed by atoms with Gasteiger partial charge in [-0.25, -0.2) is 0 Å². The van der Waals surface area contributed by atoms with E-state index in [1.54, 1.807) is 55.6 Å². The molecule has 0 aliphatic rings. The first-order chi connectivity index (χ1) is 15.4. The number of carbonyl (C=O) groups is 3. The van der Waals surface area contributed by atoms with Gasteiger partial charge in [-0.05, 0) is 56.2 Å². The van der Waals surface area contributed by atoms with Crippen molar-refractivity contribution >= 4 is 29.1 Å². The van der Waals surface area contributed by atoms with Crippen LogP contribution in [0.3, 0.4) is 0 Å². The predicted octanol–water partition coefficient (Wildman–Crippen LogP) is 3.03. The van der Waals surface area contributed by atoms with Gasteiger partial charge < -0.3 is 26.0 Å². The number of nitrogens with one attached hydrogen (secondary N) is 4. The summed E-state index contributed by atoms with van der Waals surface area (Å²) in [6.45, 7) is 5.07. The minimum atomic E-state index is -0.267. The normalized spacial score (nSPS) is 11.3. The number of ether oxygens (including phenoxy) is 1. The predicted molar refractivity (Wildman–Crippen MR) is 126 cm³/mol. The Morgan fingerprint density at radius 1 is 0.969 bits per heavy atom. The summed E-state index contributed by atoms with van der Waals surface area (Å²) in [6, 6.07) is 13.8. The van der Waals surface area contributed by atoms with Crippen molar-refractivity contribution in [3.63, 3.8) is 0 Å². The van der Waals surface area contributed by atoms with Gasteiger partial charge in [0.05, 0.1) is 6.54 Å². The molecule has 0 heterocycles. The Labute approximate surface area is 189 Å². The Hall–Kier alpha value is -3.39. The van der Waals surface area contributed by atoms with Crippen molar-refractivity contribution < 1.29 is 19.1 Å². The van der Waals surface area contributed by atoms with Crippen LogP contribution in [0.25, 0.3) is 0 Å². The summed E-state index contributed by atoms with van der Waals surface area (Å²) in [7, 11) is 1.62. The number of methoxy groups -OCH3 is 1. The van der Waals surface area contributed by atoms with Crippen LogP contribution in [0, 0.1) is 0 Å². The first kappa shape index (κ1) is 24.9. The molecule has 8 nitrogen and oxygen atoms in total. The highest BCUT2D eigenvalue weighted by atomic mass is 16.5. The topological polar surface area (TPSA) is 109 Å². The van der Waals surface area contributed by atoms with Crippen molar-refractivity contribution in [1.29, 1.82) is 0 Å². The van der Waals surface area contributed by atoms with Gasteiger partial charge in [-0.15, -0.1) is 0 Å². The third-order valence-corrected chi connectivity index (χ3v) is 4.79. The minimum absolute atomic E-state index is 0.0177. The molecule has 3 amide bonds. The minimum Gasteiger partial charge on any atom is -0.385 e. The van der Waals surface area contributed by atoms with Crippen LogP contribution in [0.15, 0.2) is 48.5 Å². The number of rotatable bonds is 12. The third-order valence-electron chi connectivity index (χ3n) is 4.79. The first-order valence-electron chi connectivity index (χ1n) is 10.7. The van der Waals surface area contributed by atoms with E-state index in [0.717, 1.165) is 12.8 Å². The Bertz CT molecular complexity index is 916. The average molecular weight is 441 g/mol. The molecule has 0 spiro atoms. The maximum absolute atomic E-state index is 12.3. The third kappa shape index (κ3) is 8.39. The molecule has 0 radical (unpaired) electrons. The van der Waals surface area contributed by atoms with Gasteiger partial charge in [0.2, 0.25) is 5.91 Å². The fraction of sp³-hybridized carbons (Fsp3) is 0.375. The Kier molecular flexibility index (Phi) is 10.2. The molecule has 172 valence electrons. The number of hydrogen-bond acceptors (Lipinski definition) is 5. The second-order valence-electron chi connectivity index (χ2n) is 7.45. The first-order valence-corrected chi connectivity index (χ1v) is 10.7. The second kappa shape index (κ2) is 13.1. The fourth-order valence-corrected chi connectivity index (χ4v) is 2.83. The summed E-state index contributed by atoms with van der Waals surface area (Å²) in [4.78, 5) is 36.8. The van der Waals surface area contributed by atoms with E-state index in [1.807, 2.05) is 13.8 Å². The molecule has 0 fully saturated rings. The number of hydrogen-bond donors (Lipinski definition) is 4. The highest BCUT2D eigenvalue weighted by Crippen LogP contribution is 2.13. The van der Waals surface area contributed by atoms with Crippen LogP contribution in [-0.4, -0.2) is 50.6 Å². The van der Waals surface area contributed by atoms with E-state index in [2.05, 4.69) is 21.3 Å². The number of carbonyl (C=O) groups excluding carboxylic acids is 3. The van der Waals surface area contributed by atoms with E-state index in [-0.39, 0.29) is 30.3 Å². The Morgan fingerprint density at radius 3 is 2.31 bits per heavy atom. The van der Waals surface area contributed by atoms with Crippen LogP contribution >= 0.6 is 0 Å². The number of benzene rings is 2. The lowest BCUT2D eigenvalue weighted by atomic mass is 10.1. The van der Waals surface area contributed by atoms with E-state index in [9.17, 15) is 14.4 Å². The molecule has 32 heavy (non-hydrogen) atoms. The van der Waals surface area contributed by atoms with Crippen LogP contribution in [0.1, 0.15) is 47.4 Å². The smallest absolute Gasteiger partial charge is 0.251 e. The zero-order valence-corrected chi connectivity index (χ0v) is 18.9. The molecular weight excluding hydrogens is 408 g/mol. The lowest BCUT2D eigenvalue weighted by molar-refractivity contribution is -0.114. The molecule has 1 unspecified atom stereocenters. The quantitative estimate of drug-likeness (QED) is 0.380. The molecule has 0 aliphatic carbocycles. The average Bonchev–Trinajstić information content (AvgIpc) is 2.80. The maximum Gasteiger partial charge on any atom is 0.251 e. The molecule has 0 aromatic heterocycles. The molecule has 2 aromatic rings. The van der Waals surface area contributed by atoms with Gasteiger partial charge in [0.25, 0.3) is 11.8 Å².